The molecule has 6 rings (SSSR count). The zero-order valence-corrected chi connectivity index (χ0v) is 21.7. The molecule has 1 unspecified atom stereocenters. The summed E-state index contributed by atoms with van der Waals surface area (Å²) in [6, 6.07) is 15.8. The second-order valence-corrected chi connectivity index (χ2v) is 9.23. The quantitative estimate of drug-likeness (QED) is 0.204. The zero-order chi connectivity index (χ0) is 28.8. The first kappa shape index (κ1) is 25.8. The Bertz CT molecular complexity index is 1840. The first-order valence-electron chi connectivity index (χ1n) is 12.4. The summed E-state index contributed by atoms with van der Waals surface area (Å²) in [4.78, 5) is 44.4. The average molecular weight is 555 g/mol. The number of nitrogens with zero attached hydrogens (tertiary/aromatic N) is 4. The number of amides is 2. The van der Waals surface area contributed by atoms with Crippen LogP contribution in [0.25, 0.3) is 16.6 Å². The van der Waals surface area contributed by atoms with Crippen molar-refractivity contribution in [1.29, 1.82) is 0 Å². The molecule has 11 heteroatoms. The van der Waals surface area contributed by atoms with E-state index in [2.05, 4.69) is 10.1 Å². The van der Waals surface area contributed by atoms with E-state index in [-0.39, 0.29) is 33.9 Å². The summed E-state index contributed by atoms with van der Waals surface area (Å²) in [6.45, 7) is 1.63. The number of methoxy groups -OCH3 is 1. The fourth-order valence-corrected chi connectivity index (χ4v) is 4.78. The van der Waals surface area contributed by atoms with Crippen molar-refractivity contribution in [3.05, 3.63) is 113 Å². The molecular formula is C30H20F2N4O5. The highest BCUT2D eigenvalue weighted by Gasteiger charge is 2.39. The number of benzene rings is 3. The van der Waals surface area contributed by atoms with Crippen LogP contribution in [-0.4, -0.2) is 39.7 Å². The number of esters is 1. The Morgan fingerprint density at radius 2 is 1.68 bits per heavy atom. The minimum absolute atomic E-state index is 0.0135. The largest absolute Gasteiger partial charge is 0.482 e. The lowest BCUT2D eigenvalue weighted by Crippen LogP contribution is -2.31. The molecule has 0 fully saturated rings. The number of anilines is 1. The first-order valence-corrected chi connectivity index (χ1v) is 12.4. The van der Waals surface area contributed by atoms with Gasteiger partial charge in [-0.3, -0.25) is 9.59 Å². The van der Waals surface area contributed by atoms with Crippen LogP contribution in [0.3, 0.4) is 0 Å². The molecule has 0 N–H and O–H groups in total. The third kappa shape index (κ3) is 4.37. The van der Waals surface area contributed by atoms with Gasteiger partial charge >= 0.3 is 5.97 Å². The second-order valence-electron chi connectivity index (χ2n) is 9.23. The van der Waals surface area contributed by atoms with Gasteiger partial charge in [0.15, 0.2) is 11.6 Å². The molecule has 1 aliphatic heterocycles. The summed E-state index contributed by atoms with van der Waals surface area (Å²) < 4.78 is 41.5. The molecule has 2 amide bonds. The molecule has 3 heterocycles. The lowest BCUT2D eigenvalue weighted by atomic mass is 10.0. The molecule has 0 saturated carbocycles. The van der Waals surface area contributed by atoms with Gasteiger partial charge in [-0.15, -0.1) is 0 Å². The number of fused-ring (bicyclic) bond motifs is 2. The van der Waals surface area contributed by atoms with Crippen LogP contribution in [-0.2, 0) is 4.74 Å². The maximum Gasteiger partial charge on any atom is 0.340 e. The van der Waals surface area contributed by atoms with Gasteiger partial charge in [-0.05, 0) is 55.5 Å². The van der Waals surface area contributed by atoms with E-state index in [1.54, 1.807) is 43.5 Å². The molecule has 0 aliphatic carbocycles. The number of hydrogen-bond donors (Lipinski definition) is 0. The zero-order valence-electron chi connectivity index (χ0n) is 21.7. The molecule has 0 saturated heterocycles. The van der Waals surface area contributed by atoms with Gasteiger partial charge in [-0.25, -0.2) is 28.1 Å². The standard InChI is InChI=1S/C30H20F2N4O5/c1-16(21-14-22(30(39)40-2)23(32)15-25(21)35-11-5-10-33-35)41-26-13-17-12-18(31)8-9-24(17)34-27(26)36-28(37)19-6-3-4-7-20(19)29(36)38/h3-16H,1-2H3. The van der Waals surface area contributed by atoms with Crippen LogP contribution in [0.15, 0.2) is 79.1 Å². The Labute approximate surface area is 231 Å². The predicted octanol–water partition coefficient (Wildman–Crippen LogP) is 5.43. The summed E-state index contributed by atoms with van der Waals surface area (Å²) in [5, 5.41) is 4.53. The first-order chi connectivity index (χ1) is 19.8. The molecular weight excluding hydrogens is 534 g/mol. The molecule has 5 aromatic rings. The minimum atomic E-state index is -0.917. The van der Waals surface area contributed by atoms with Crippen molar-refractivity contribution in [1.82, 2.24) is 14.8 Å². The molecule has 204 valence electrons. The van der Waals surface area contributed by atoms with E-state index in [0.717, 1.165) is 18.1 Å². The lowest BCUT2D eigenvalue weighted by Gasteiger charge is -2.23. The molecule has 0 radical (unpaired) electrons. The number of carbonyl (C=O) groups is 3. The number of pyridine rings is 1. The van der Waals surface area contributed by atoms with Crippen LogP contribution in [0.2, 0.25) is 0 Å². The van der Waals surface area contributed by atoms with Crippen molar-refractivity contribution < 1.29 is 32.6 Å². The number of imide groups is 1. The van der Waals surface area contributed by atoms with Crippen molar-refractivity contribution in [2.45, 2.75) is 13.0 Å². The van der Waals surface area contributed by atoms with Gasteiger partial charge in [-0.2, -0.15) is 5.10 Å². The molecule has 0 bridgehead atoms. The normalized spacial score (nSPS) is 13.4. The third-order valence-corrected chi connectivity index (χ3v) is 6.74. The Morgan fingerprint density at radius 1 is 0.951 bits per heavy atom. The summed E-state index contributed by atoms with van der Waals surface area (Å²) >= 11 is 0. The number of rotatable bonds is 6. The molecule has 3 aromatic carbocycles. The Kier molecular flexibility index (Phi) is 6.26. The van der Waals surface area contributed by atoms with Crippen molar-refractivity contribution in [3.63, 3.8) is 0 Å². The number of hydrogen-bond acceptors (Lipinski definition) is 7. The highest BCUT2D eigenvalue weighted by Crippen LogP contribution is 2.39. The van der Waals surface area contributed by atoms with Gasteiger partial charge in [0.2, 0.25) is 0 Å². The van der Waals surface area contributed by atoms with Crippen LogP contribution in [0.1, 0.15) is 49.7 Å². The van der Waals surface area contributed by atoms with E-state index in [1.165, 1.54) is 41.2 Å². The smallest absolute Gasteiger partial charge is 0.340 e. The van der Waals surface area contributed by atoms with Crippen LogP contribution >= 0.6 is 0 Å². The maximum absolute atomic E-state index is 14.9. The Morgan fingerprint density at radius 3 is 2.34 bits per heavy atom. The van der Waals surface area contributed by atoms with Crippen molar-refractivity contribution >= 4 is 34.5 Å². The summed E-state index contributed by atoms with van der Waals surface area (Å²) in [7, 11) is 1.14. The molecule has 2 aromatic heterocycles. The summed E-state index contributed by atoms with van der Waals surface area (Å²) in [6.07, 6.45) is 2.18. The van der Waals surface area contributed by atoms with Crippen molar-refractivity contribution in [2.24, 2.45) is 0 Å². The third-order valence-electron chi connectivity index (χ3n) is 6.74. The topological polar surface area (TPSA) is 104 Å². The molecule has 1 aliphatic rings. The molecule has 1 atom stereocenters. The van der Waals surface area contributed by atoms with Crippen molar-refractivity contribution in [2.75, 3.05) is 12.0 Å². The Hall–Kier alpha value is -5.45. The summed E-state index contributed by atoms with van der Waals surface area (Å²) in [5.74, 6) is -3.54. The number of ether oxygens (including phenoxy) is 2. The van der Waals surface area contributed by atoms with E-state index < -0.39 is 35.5 Å². The van der Waals surface area contributed by atoms with Crippen LogP contribution in [0.5, 0.6) is 5.75 Å². The van der Waals surface area contributed by atoms with E-state index >= 15 is 0 Å². The van der Waals surface area contributed by atoms with E-state index in [4.69, 9.17) is 9.47 Å². The van der Waals surface area contributed by atoms with E-state index in [0.29, 0.717) is 16.5 Å². The molecule has 9 nitrogen and oxygen atoms in total. The van der Waals surface area contributed by atoms with Gasteiger partial charge in [0.05, 0.1) is 35.0 Å². The fraction of sp³-hybridized carbons (Fsp3) is 0.100. The summed E-state index contributed by atoms with van der Waals surface area (Å²) in [5.41, 5.74) is 1.02. The highest BCUT2D eigenvalue weighted by atomic mass is 19.1. The van der Waals surface area contributed by atoms with Gasteiger partial charge in [0.1, 0.15) is 17.7 Å². The average Bonchev–Trinajstić information content (AvgIpc) is 3.59. The monoisotopic (exact) mass is 554 g/mol. The van der Waals surface area contributed by atoms with E-state index in [1.807, 2.05) is 0 Å². The predicted molar refractivity (Wildman–Crippen MR) is 143 cm³/mol. The number of aromatic nitrogens is 3. The lowest BCUT2D eigenvalue weighted by molar-refractivity contribution is 0.0594. The van der Waals surface area contributed by atoms with E-state index in [9.17, 15) is 23.2 Å². The maximum atomic E-state index is 14.9. The minimum Gasteiger partial charge on any atom is -0.482 e. The Balaban J connectivity index is 1.50. The second kappa shape index (κ2) is 9.94. The van der Waals surface area contributed by atoms with Crippen LogP contribution < -0.4 is 9.64 Å². The number of halogens is 2. The highest BCUT2D eigenvalue weighted by molar-refractivity contribution is 6.34. The van der Waals surface area contributed by atoms with Crippen molar-refractivity contribution in [3.8, 4) is 11.4 Å². The van der Waals surface area contributed by atoms with Gasteiger partial charge in [0.25, 0.3) is 11.8 Å². The molecule has 41 heavy (non-hydrogen) atoms. The van der Waals surface area contributed by atoms with Gasteiger partial charge in [-0.1, -0.05) is 12.1 Å². The SMILES string of the molecule is COC(=O)c1cc(C(C)Oc2cc3cc(F)ccc3nc2N2C(=O)c3ccccc3C2=O)c(-n2cccn2)cc1F. The van der Waals surface area contributed by atoms with Gasteiger partial charge < -0.3 is 9.47 Å². The van der Waals surface area contributed by atoms with Gasteiger partial charge in [0, 0.05) is 29.4 Å². The number of carbonyl (C=O) groups excluding carboxylic acids is 3. The van der Waals surface area contributed by atoms with Crippen LogP contribution in [0, 0.1) is 11.6 Å². The fourth-order valence-electron chi connectivity index (χ4n) is 4.78. The molecule has 0 spiro atoms. The van der Waals surface area contributed by atoms with Crippen LogP contribution in [0.4, 0.5) is 14.6 Å².